The second kappa shape index (κ2) is 1.93. The lowest BCUT2D eigenvalue weighted by Crippen LogP contribution is -2.42. The molecule has 0 saturated carbocycles. The van der Waals surface area contributed by atoms with Crippen molar-refractivity contribution >= 4 is 23.2 Å². The highest BCUT2D eigenvalue weighted by Crippen LogP contribution is 2.34. The normalized spacial score (nSPS) is 14.2. The van der Waals surface area contributed by atoms with Crippen molar-refractivity contribution in [2.75, 3.05) is 0 Å². The largest absolute Gasteiger partial charge is 0.434 e. The first-order valence-electron chi connectivity index (χ1n) is 1.48. The highest BCUT2D eigenvalue weighted by atomic mass is 35.5. The molecule has 50 valence electrons. The van der Waals surface area contributed by atoms with E-state index in [0.717, 1.165) is 0 Å². The fraction of sp³-hybridized carbons (Fsp3) is 1.00. The molecule has 6 heteroatoms. The molecule has 8 heavy (non-hydrogen) atoms. The van der Waals surface area contributed by atoms with E-state index in [-0.39, 0.29) is 0 Å². The van der Waals surface area contributed by atoms with Gasteiger partial charge in [-0.1, -0.05) is 23.2 Å². The Morgan fingerprint density at radius 3 is 1.25 bits per heavy atom. The van der Waals surface area contributed by atoms with Crippen LogP contribution < -0.4 is 5.73 Å². The van der Waals surface area contributed by atoms with E-state index in [4.69, 9.17) is 0 Å². The van der Waals surface area contributed by atoms with Crippen molar-refractivity contribution < 1.29 is 13.2 Å². The second-order valence-corrected chi connectivity index (χ2v) is 2.51. The molecule has 0 heterocycles. The minimum atomic E-state index is -4.75. The van der Waals surface area contributed by atoms with E-state index in [9.17, 15) is 13.2 Å². The number of halogens is 5. The third-order valence-electron chi connectivity index (χ3n) is 0.378. The van der Waals surface area contributed by atoms with E-state index in [1.807, 2.05) is 0 Å². The minimum Gasteiger partial charge on any atom is -0.292 e. The van der Waals surface area contributed by atoms with Crippen molar-refractivity contribution in [2.24, 2.45) is 5.73 Å². The molecule has 0 rings (SSSR count). The van der Waals surface area contributed by atoms with Crippen molar-refractivity contribution in [3.8, 4) is 0 Å². The van der Waals surface area contributed by atoms with Crippen LogP contribution in [0.4, 0.5) is 13.2 Å². The topological polar surface area (TPSA) is 26.0 Å². The summed E-state index contributed by atoms with van der Waals surface area (Å²) in [6, 6.07) is 0. The fourth-order valence-electron chi connectivity index (χ4n) is 0. The third-order valence-corrected chi connectivity index (χ3v) is 0.807. The van der Waals surface area contributed by atoms with E-state index in [0.29, 0.717) is 0 Å². The zero-order valence-corrected chi connectivity index (χ0v) is 4.98. The Kier molecular flexibility index (Phi) is 2.01. The molecule has 0 saturated heterocycles. The predicted octanol–water partition coefficient (Wildman–Crippen LogP) is 1.64. The molecular weight excluding hydrogens is 166 g/mol. The van der Waals surface area contributed by atoms with Crippen molar-refractivity contribution in [2.45, 2.75) is 10.6 Å². The molecule has 0 unspecified atom stereocenters. The molecule has 0 aromatic carbocycles. The zero-order valence-electron chi connectivity index (χ0n) is 3.47. The van der Waals surface area contributed by atoms with Crippen LogP contribution in [0.1, 0.15) is 0 Å². The predicted molar refractivity (Wildman–Crippen MR) is 24.7 cm³/mol. The monoisotopic (exact) mass is 167 g/mol. The Labute approximate surface area is 53.5 Å². The van der Waals surface area contributed by atoms with Gasteiger partial charge < -0.3 is 0 Å². The summed E-state index contributed by atoms with van der Waals surface area (Å²) in [5.74, 6) is 0. The summed E-state index contributed by atoms with van der Waals surface area (Å²) in [7, 11) is 0. The molecule has 0 aromatic heterocycles. The Bertz CT molecular complexity index is 70.3. The fourth-order valence-corrected chi connectivity index (χ4v) is 0. The van der Waals surface area contributed by atoms with Crippen LogP contribution in [-0.2, 0) is 0 Å². The maximum absolute atomic E-state index is 11.2. The highest BCUT2D eigenvalue weighted by Gasteiger charge is 2.49. The van der Waals surface area contributed by atoms with Gasteiger partial charge >= 0.3 is 6.18 Å². The molecule has 0 bridgehead atoms. The van der Waals surface area contributed by atoms with Gasteiger partial charge in [0, 0.05) is 0 Å². The van der Waals surface area contributed by atoms with Crippen LogP contribution in [0.25, 0.3) is 0 Å². The first-order valence-corrected chi connectivity index (χ1v) is 2.24. The van der Waals surface area contributed by atoms with Gasteiger partial charge in [0.25, 0.3) is 4.46 Å². The van der Waals surface area contributed by atoms with Crippen LogP contribution in [0, 0.1) is 0 Å². The van der Waals surface area contributed by atoms with Gasteiger partial charge in [0.1, 0.15) is 0 Å². The maximum atomic E-state index is 11.2. The highest BCUT2D eigenvalue weighted by molar-refractivity contribution is 6.48. The summed E-state index contributed by atoms with van der Waals surface area (Å²) in [5.41, 5.74) is 4.22. The summed E-state index contributed by atoms with van der Waals surface area (Å²) < 4.78 is 30.4. The van der Waals surface area contributed by atoms with Gasteiger partial charge in [-0.15, -0.1) is 0 Å². The quantitative estimate of drug-likeness (QED) is 0.431. The van der Waals surface area contributed by atoms with Crippen LogP contribution in [0.5, 0.6) is 0 Å². The van der Waals surface area contributed by atoms with Gasteiger partial charge in [-0.25, -0.2) is 0 Å². The molecule has 0 fully saturated rings. The van der Waals surface area contributed by atoms with Crippen molar-refractivity contribution in [3.05, 3.63) is 0 Å². The lowest BCUT2D eigenvalue weighted by Gasteiger charge is -2.16. The van der Waals surface area contributed by atoms with Crippen molar-refractivity contribution in [1.29, 1.82) is 0 Å². The maximum Gasteiger partial charge on any atom is 0.434 e. The molecule has 0 aliphatic rings. The molecular formula is C2H2Cl2F3N. The van der Waals surface area contributed by atoms with E-state index in [2.05, 4.69) is 28.9 Å². The van der Waals surface area contributed by atoms with Gasteiger partial charge in [0.05, 0.1) is 0 Å². The molecule has 0 aliphatic heterocycles. The number of alkyl halides is 5. The molecule has 0 atom stereocenters. The van der Waals surface area contributed by atoms with E-state index >= 15 is 0 Å². The SMILES string of the molecule is NC(Cl)(Cl)C(F)(F)F. The van der Waals surface area contributed by atoms with Crippen LogP contribution in [0.2, 0.25) is 0 Å². The van der Waals surface area contributed by atoms with Crippen LogP contribution in [0.3, 0.4) is 0 Å². The molecule has 0 spiro atoms. The summed E-state index contributed by atoms with van der Waals surface area (Å²) >= 11 is 8.85. The smallest absolute Gasteiger partial charge is 0.292 e. The van der Waals surface area contributed by atoms with Gasteiger partial charge in [-0.2, -0.15) is 13.2 Å². The minimum absolute atomic E-state index is 3.12. The number of nitrogens with two attached hydrogens (primary N) is 1. The Morgan fingerprint density at radius 1 is 1.12 bits per heavy atom. The first-order chi connectivity index (χ1) is 3.25. The molecule has 2 N–H and O–H groups in total. The lowest BCUT2D eigenvalue weighted by molar-refractivity contribution is -0.140. The van der Waals surface area contributed by atoms with Crippen molar-refractivity contribution in [1.82, 2.24) is 0 Å². The number of rotatable bonds is 0. The third kappa shape index (κ3) is 2.07. The van der Waals surface area contributed by atoms with Crippen LogP contribution in [0.15, 0.2) is 0 Å². The first kappa shape index (κ1) is 8.33. The van der Waals surface area contributed by atoms with Gasteiger partial charge in [-0.3, -0.25) is 5.73 Å². The number of hydrogen-bond donors (Lipinski definition) is 1. The van der Waals surface area contributed by atoms with Crippen molar-refractivity contribution in [3.63, 3.8) is 0 Å². The molecule has 1 nitrogen and oxygen atoms in total. The summed E-state index contributed by atoms with van der Waals surface area (Å²) in [5, 5.41) is 0. The average Bonchev–Trinajstić information content (AvgIpc) is 1.25. The standard InChI is InChI=1S/C2H2Cl2F3N/c3-1(4,8)2(5,6)7/h8H2. The average molecular weight is 168 g/mol. The summed E-state index contributed by atoms with van der Waals surface area (Å²) in [6.45, 7) is 0. The van der Waals surface area contributed by atoms with E-state index in [1.54, 1.807) is 0 Å². The molecule has 0 aliphatic carbocycles. The van der Waals surface area contributed by atoms with Gasteiger partial charge in [0.2, 0.25) is 0 Å². The lowest BCUT2D eigenvalue weighted by atomic mass is 10.6. The second-order valence-electron chi connectivity index (χ2n) is 1.12. The molecule has 0 aromatic rings. The zero-order chi connectivity index (χ0) is 7.00. The Hall–Kier alpha value is 0.330. The van der Waals surface area contributed by atoms with Gasteiger partial charge in [-0.05, 0) is 0 Å². The van der Waals surface area contributed by atoms with E-state index < -0.39 is 10.6 Å². The van der Waals surface area contributed by atoms with E-state index in [1.165, 1.54) is 0 Å². The molecule has 0 radical (unpaired) electrons. The Morgan fingerprint density at radius 2 is 1.25 bits per heavy atom. The molecule has 0 amide bonds. The number of hydrogen-bond acceptors (Lipinski definition) is 1. The van der Waals surface area contributed by atoms with Gasteiger partial charge in [0.15, 0.2) is 0 Å². The van der Waals surface area contributed by atoms with Crippen LogP contribution in [-0.4, -0.2) is 10.6 Å². The summed E-state index contributed by atoms with van der Waals surface area (Å²) in [6.07, 6.45) is -4.75. The Balaban J connectivity index is 4.02. The summed E-state index contributed by atoms with van der Waals surface area (Å²) in [4.78, 5) is 0. The van der Waals surface area contributed by atoms with Crippen LogP contribution >= 0.6 is 23.2 Å².